The van der Waals surface area contributed by atoms with Gasteiger partial charge in [-0.25, -0.2) is 27.3 Å². The lowest BCUT2D eigenvalue weighted by molar-refractivity contribution is -0.119. The highest BCUT2D eigenvalue weighted by atomic mass is 32.1. The van der Waals surface area contributed by atoms with E-state index < -0.39 is 47.3 Å². The average molecular weight is 384 g/mol. The zero-order chi connectivity index (χ0) is 18.8. The van der Waals surface area contributed by atoms with Gasteiger partial charge in [-0.2, -0.15) is 0 Å². The maximum Gasteiger partial charge on any atom is 0.338 e. The fraction of sp³-hybridized carbons (Fsp3) is 0.0625. The van der Waals surface area contributed by atoms with Crippen molar-refractivity contribution in [1.82, 2.24) is 4.98 Å². The van der Waals surface area contributed by atoms with Crippen molar-refractivity contribution in [2.24, 2.45) is 0 Å². The number of esters is 1. The summed E-state index contributed by atoms with van der Waals surface area (Å²) in [5, 5.41) is 2.09. The number of nitrogens with zero attached hydrogens (tertiary/aromatic N) is 1. The van der Waals surface area contributed by atoms with Crippen LogP contribution in [0.3, 0.4) is 0 Å². The number of aromatic nitrogens is 1. The Morgan fingerprint density at radius 2 is 1.88 bits per heavy atom. The summed E-state index contributed by atoms with van der Waals surface area (Å²) in [4.78, 5) is 27.1. The summed E-state index contributed by atoms with van der Waals surface area (Å²) in [6.07, 6.45) is 0. The number of carbonyl (C=O) groups is 2. The largest absolute Gasteiger partial charge is 0.452 e. The molecule has 0 aliphatic carbocycles. The molecule has 0 saturated heterocycles. The van der Waals surface area contributed by atoms with E-state index in [4.69, 9.17) is 4.74 Å². The van der Waals surface area contributed by atoms with Crippen LogP contribution in [-0.2, 0) is 9.53 Å². The molecule has 5 nitrogen and oxygen atoms in total. The Kier molecular flexibility index (Phi) is 4.85. The van der Waals surface area contributed by atoms with Crippen LogP contribution in [0.15, 0.2) is 30.3 Å². The highest BCUT2D eigenvalue weighted by Crippen LogP contribution is 2.30. The van der Waals surface area contributed by atoms with Crippen LogP contribution in [0.1, 0.15) is 10.4 Å². The van der Waals surface area contributed by atoms with E-state index in [0.29, 0.717) is 11.3 Å². The third kappa shape index (κ3) is 3.64. The fourth-order valence-electron chi connectivity index (χ4n) is 2.01. The van der Waals surface area contributed by atoms with E-state index in [2.05, 4.69) is 10.3 Å². The second kappa shape index (κ2) is 7.08. The van der Waals surface area contributed by atoms with Gasteiger partial charge in [0.2, 0.25) is 0 Å². The molecule has 26 heavy (non-hydrogen) atoms. The van der Waals surface area contributed by atoms with E-state index in [0.717, 1.165) is 18.2 Å². The van der Waals surface area contributed by atoms with E-state index in [-0.39, 0.29) is 15.4 Å². The number of benzene rings is 2. The number of carbonyl (C=O) groups excluding carboxylic acids is 2. The van der Waals surface area contributed by atoms with Crippen molar-refractivity contribution in [1.29, 1.82) is 0 Å². The minimum atomic E-state index is -1.66. The number of nitrogens with one attached hydrogen (secondary N) is 1. The monoisotopic (exact) mass is 384 g/mol. The van der Waals surface area contributed by atoms with Crippen LogP contribution in [0.2, 0.25) is 0 Å². The zero-order valence-corrected chi connectivity index (χ0v) is 13.5. The number of fused-ring (bicyclic) bond motifs is 1. The van der Waals surface area contributed by atoms with Crippen LogP contribution < -0.4 is 5.32 Å². The summed E-state index contributed by atoms with van der Waals surface area (Å²) in [5.74, 6) is -6.87. The van der Waals surface area contributed by atoms with Gasteiger partial charge in [0.1, 0.15) is 11.3 Å². The summed E-state index contributed by atoms with van der Waals surface area (Å²) in [7, 11) is 0. The molecule has 134 valence electrons. The first-order valence-corrected chi connectivity index (χ1v) is 7.83. The van der Waals surface area contributed by atoms with Crippen LogP contribution in [0.25, 0.3) is 10.2 Å². The summed E-state index contributed by atoms with van der Waals surface area (Å²) in [5.41, 5.74) is -0.508. The van der Waals surface area contributed by atoms with Crippen molar-refractivity contribution < 1.29 is 31.9 Å². The van der Waals surface area contributed by atoms with Crippen molar-refractivity contribution in [3.05, 3.63) is 59.2 Å². The van der Waals surface area contributed by atoms with Crippen LogP contribution in [-0.4, -0.2) is 23.5 Å². The summed E-state index contributed by atoms with van der Waals surface area (Å²) in [6.45, 7) is -0.712. The summed E-state index contributed by atoms with van der Waals surface area (Å²) < 4.78 is 57.7. The number of rotatable bonds is 4. The number of hydrogen-bond acceptors (Lipinski definition) is 5. The molecular weight excluding hydrogens is 376 g/mol. The molecule has 10 heteroatoms. The molecule has 1 amide bonds. The number of amides is 1. The zero-order valence-electron chi connectivity index (χ0n) is 12.7. The van der Waals surface area contributed by atoms with Crippen molar-refractivity contribution >= 4 is 38.6 Å². The van der Waals surface area contributed by atoms with E-state index in [9.17, 15) is 27.2 Å². The maximum absolute atomic E-state index is 13.6. The van der Waals surface area contributed by atoms with Gasteiger partial charge in [0, 0.05) is 0 Å². The predicted molar refractivity (Wildman–Crippen MR) is 84.8 cm³/mol. The first-order valence-electron chi connectivity index (χ1n) is 7.01. The van der Waals surface area contributed by atoms with E-state index in [1.54, 1.807) is 0 Å². The van der Waals surface area contributed by atoms with Crippen molar-refractivity contribution in [2.75, 3.05) is 11.9 Å². The van der Waals surface area contributed by atoms with Gasteiger partial charge in [-0.1, -0.05) is 17.4 Å². The predicted octanol–water partition coefficient (Wildman–Crippen LogP) is 3.65. The molecule has 0 bridgehead atoms. The van der Waals surface area contributed by atoms with Gasteiger partial charge in [-0.3, -0.25) is 10.1 Å². The van der Waals surface area contributed by atoms with E-state index >= 15 is 0 Å². The van der Waals surface area contributed by atoms with E-state index in [1.165, 1.54) is 12.1 Å². The SMILES string of the molecule is O=C(COC(=O)c1cccc(F)c1)Nc1nc2c(F)c(F)c(F)cc2s1. The molecule has 1 N–H and O–H groups in total. The highest BCUT2D eigenvalue weighted by molar-refractivity contribution is 7.22. The normalized spacial score (nSPS) is 10.8. The van der Waals surface area contributed by atoms with Crippen LogP contribution in [0.4, 0.5) is 22.7 Å². The molecular formula is C16H8F4N2O3S. The van der Waals surface area contributed by atoms with E-state index in [1.807, 2.05) is 0 Å². The van der Waals surface area contributed by atoms with Gasteiger partial charge >= 0.3 is 5.97 Å². The second-order valence-corrected chi connectivity index (χ2v) is 6.02. The molecule has 0 spiro atoms. The Labute approximate surface area is 147 Å². The number of ether oxygens (including phenoxy) is 1. The first kappa shape index (κ1) is 17.8. The molecule has 0 aliphatic rings. The number of hydrogen-bond donors (Lipinski definition) is 1. The second-order valence-electron chi connectivity index (χ2n) is 4.99. The fourth-order valence-corrected chi connectivity index (χ4v) is 2.92. The minimum absolute atomic E-state index is 0.00606. The number of anilines is 1. The molecule has 0 aliphatic heterocycles. The molecule has 2 aromatic carbocycles. The Hall–Kier alpha value is -3.01. The third-order valence-electron chi connectivity index (χ3n) is 3.16. The molecule has 0 unspecified atom stereocenters. The minimum Gasteiger partial charge on any atom is -0.452 e. The molecule has 1 aromatic heterocycles. The Morgan fingerprint density at radius 1 is 1.12 bits per heavy atom. The smallest absolute Gasteiger partial charge is 0.338 e. The summed E-state index contributed by atoms with van der Waals surface area (Å²) >= 11 is 0.715. The van der Waals surface area contributed by atoms with Crippen LogP contribution in [0, 0.1) is 23.3 Å². The average Bonchev–Trinajstić information content (AvgIpc) is 3.00. The third-order valence-corrected chi connectivity index (χ3v) is 4.08. The van der Waals surface area contributed by atoms with Crippen molar-refractivity contribution in [3.63, 3.8) is 0 Å². The van der Waals surface area contributed by atoms with Gasteiger partial charge in [0.15, 0.2) is 29.2 Å². The molecule has 3 rings (SSSR count). The molecule has 1 heterocycles. The highest BCUT2D eigenvalue weighted by Gasteiger charge is 2.19. The van der Waals surface area contributed by atoms with Gasteiger partial charge < -0.3 is 4.74 Å². The van der Waals surface area contributed by atoms with Crippen molar-refractivity contribution in [3.8, 4) is 0 Å². The lowest BCUT2D eigenvalue weighted by atomic mass is 10.2. The Morgan fingerprint density at radius 3 is 2.62 bits per heavy atom. The number of thiazole rings is 1. The lowest BCUT2D eigenvalue weighted by Crippen LogP contribution is -2.20. The quantitative estimate of drug-likeness (QED) is 0.424. The maximum atomic E-state index is 13.6. The topological polar surface area (TPSA) is 68.3 Å². The van der Waals surface area contributed by atoms with Gasteiger partial charge in [0.25, 0.3) is 5.91 Å². The Bertz CT molecular complexity index is 1020. The van der Waals surface area contributed by atoms with Crippen molar-refractivity contribution in [2.45, 2.75) is 0 Å². The first-order chi connectivity index (χ1) is 12.3. The summed E-state index contributed by atoms with van der Waals surface area (Å²) in [6, 6.07) is 5.45. The van der Waals surface area contributed by atoms with Gasteiger partial charge in [-0.05, 0) is 24.3 Å². The van der Waals surface area contributed by atoms with Gasteiger partial charge in [-0.15, -0.1) is 0 Å². The standard InChI is InChI=1S/C16H8F4N2O3S/c17-8-3-1-2-7(4-8)15(24)25-6-11(23)21-16-22-14-10(26-16)5-9(18)12(19)13(14)20/h1-5H,6H2,(H,21,22,23). The van der Waals surface area contributed by atoms with Crippen LogP contribution in [0.5, 0.6) is 0 Å². The number of halogens is 4. The lowest BCUT2D eigenvalue weighted by Gasteiger charge is -2.04. The molecule has 0 radical (unpaired) electrons. The molecule has 0 atom stereocenters. The Balaban J connectivity index is 1.66. The molecule has 3 aromatic rings. The van der Waals surface area contributed by atoms with Crippen LogP contribution >= 0.6 is 11.3 Å². The molecule has 0 fully saturated rings. The van der Waals surface area contributed by atoms with Gasteiger partial charge in [0.05, 0.1) is 10.3 Å². The molecule has 0 saturated carbocycles.